The Hall–Kier alpha value is -1.88. The first-order valence-electron chi connectivity index (χ1n) is 6.02. The van der Waals surface area contributed by atoms with E-state index in [1.165, 1.54) is 12.1 Å². The fourth-order valence-corrected chi connectivity index (χ4v) is 2.29. The van der Waals surface area contributed by atoms with Crippen LogP contribution in [0.3, 0.4) is 0 Å². The van der Waals surface area contributed by atoms with Gasteiger partial charge in [0.1, 0.15) is 11.4 Å². The molecule has 0 saturated carbocycles. The number of hydrogen-bond acceptors (Lipinski definition) is 2. The third-order valence-corrected chi connectivity index (χ3v) is 3.84. The molecule has 1 atom stereocenters. The minimum absolute atomic E-state index is 0.413. The SMILES string of the molecule is CC(Nc1ccccc1Br)(C(N)=O)c1cccc(F)c1. The van der Waals surface area contributed by atoms with Crippen molar-refractivity contribution in [3.05, 3.63) is 64.4 Å². The van der Waals surface area contributed by atoms with Crippen LogP contribution in [0.1, 0.15) is 12.5 Å². The summed E-state index contributed by atoms with van der Waals surface area (Å²) in [5.41, 5.74) is 5.49. The second-order valence-electron chi connectivity index (χ2n) is 4.60. The van der Waals surface area contributed by atoms with E-state index in [0.717, 1.165) is 4.47 Å². The molecular formula is C15H14BrFN2O. The summed E-state index contributed by atoms with van der Waals surface area (Å²) in [4.78, 5) is 11.9. The van der Waals surface area contributed by atoms with E-state index in [-0.39, 0.29) is 0 Å². The molecule has 0 spiro atoms. The number of carbonyl (C=O) groups is 1. The molecule has 2 rings (SSSR count). The van der Waals surface area contributed by atoms with Crippen molar-refractivity contribution < 1.29 is 9.18 Å². The Morgan fingerprint density at radius 1 is 1.25 bits per heavy atom. The second-order valence-corrected chi connectivity index (χ2v) is 5.46. The number of carbonyl (C=O) groups excluding carboxylic acids is 1. The molecule has 0 aromatic heterocycles. The second kappa shape index (κ2) is 5.63. The minimum Gasteiger partial charge on any atom is -0.367 e. The molecule has 1 unspecified atom stereocenters. The molecule has 0 bridgehead atoms. The first-order valence-corrected chi connectivity index (χ1v) is 6.81. The number of amides is 1. The summed E-state index contributed by atoms with van der Waals surface area (Å²) >= 11 is 3.40. The average Bonchev–Trinajstić information content (AvgIpc) is 2.41. The van der Waals surface area contributed by atoms with Crippen LogP contribution in [0.2, 0.25) is 0 Å². The summed E-state index contributed by atoms with van der Waals surface area (Å²) in [6, 6.07) is 13.2. The zero-order valence-corrected chi connectivity index (χ0v) is 12.4. The summed E-state index contributed by atoms with van der Waals surface area (Å²) in [6.07, 6.45) is 0. The van der Waals surface area contributed by atoms with Crippen LogP contribution < -0.4 is 11.1 Å². The number of rotatable bonds is 4. The lowest BCUT2D eigenvalue weighted by molar-refractivity contribution is -0.122. The van der Waals surface area contributed by atoms with Crippen molar-refractivity contribution >= 4 is 27.5 Å². The zero-order valence-electron chi connectivity index (χ0n) is 10.9. The smallest absolute Gasteiger partial charge is 0.247 e. The van der Waals surface area contributed by atoms with Crippen LogP contribution >= 0.6 is 15.9 Å². The van der Waals surface area contributed by atoms with Gasteiger partial charge < -0.3 is 11.1 Å². The van der Waals surface area contributed by atoms with E-state index in [9.17, 15) is 9.18 Å². The normalized spacial score (nSPS) is 13.6. The summed E-state index contributed by atoms with van der Waals surface area (Å²) in [5.74, 6) is -0.997. The number of halogens is 2. The van der Waals surface area contributed by atoms with Crippen molar-refractivity contribution in [3.63, 3.8) is 0 Å². The molecule has 2 aromatic carbocycles. The maximum absolute atomic E-state index is 13.4. The lowest BCUT2D eigenvalue weighted by Crippen LogP contribution is -2.45. The molecule has 1 amide bonds. The summed E-state index contributed by atoms with van der Waals surface area (Å²) in [6.45, 7) is 1.63. The monoisotopic (exact) mass is 336 g/mol. The van der Waals surface area contributed by atoms with Crippen LogP contribution in [0.25, 0.3) is 0 Å². The lowest BCUT2D eigenvalue weighted by atomic mass is 9.90. The van der Waals surface area contributed by atoms with Gasteiger partial charge in [-0.1, -0.05) is 24.3 Å². The number of para-hydroxylation sites is 1. The summed E-state index contributed by atoms with van der Waals surface area (Å²) < 4.78 is 14.2. The van der Waals surface area contributed by atoms with Crippen LogP contribution in [0, 0.1) is 5.82 Å². The summed E-state index contributed by atoms with van der Waals surface area (Å²) in [5, 5.41) is 3.08. The van der Waals surface area contributed by atoms with Gasteiger partial charge in [-0.2, -0.15) is 0 Å². The zero-order chi connectivity index (χ0) is 14.8. The van der Waals surface area contributed by atoms with E-state index in [0.29, 0.717) is 11.3 Å². The molecule has 20 heavy (non-hydrogen) atoms. The lowest BCUT2D eigenvalue weighted by Gasteiger charge is -2.29. The fourth-order valence-electron chi connectivity index (χ4n) is 1.91. The predicted molar refractivity (Wildman–Crippen MR) is 80.7 cm³/mol. The van der Waals surface area contributed by atoms with E-state index in [2.05, 4.69) is 21.2 Å². The first kappa shape index (κ1) is 14.5. The van der Waals surface area contributed by atoms with Crippen molar-refractivity contribution in [1.82, 2.24) is 0 Å². The van der Waals surface area contributed by atoms with Crippen LogP contribution in [0.5, 0.6) is 0 Å². The Balaban J connectivity index is 2.46. The maximum Gasteiger partial charge on any atom is 0.247 e. The standard InChI is InChI=1S/C15H14BrFN2O/c1-15(14(18)20,10-5-4-6-11(17)9-10)19-13-8-3-2-7-12(13)16/h2-9,19H,1H3,(H2,18,20). The van der Waals surface area contributed by atoms with Gasteiger partial charge >= 0.3 is 0 Å². The van der Waals surface area contributed by atoms with Crippen LogP contribution in [-0.4, -0.2) is 5.91 Å². The Morgan fingerprint density at radius 3 is 2.55 bits per heavy atom. The highest BCUT2D eigenvalue weighted by molar-refractivity contribution is 9.10. The van der Waals surface area contributed by atoms with Crippen molar-refractivity contribution in [2.24, 2.45) is 5.73 Å². The Kier molecular flexibility index (Phi) is 4.09. The quantitative estimate of drug-likeness (QED) is 0.898. The highest BCUT2D eigenvalue weighted by Gasteiger charge is 2.33. The molecule has 104 valence electrons. The molecule has 0 fully saturated rings. The van der Waals surface area contributed by atoms with E-state index < -0.39 is 17.3 Å². The maximum atomic E-state index is 13.4. The van der Waals surface area contributed by atoms with Crippen LogP contribution in [-0.2, 0) is 10.3 Å². The molecule has 0 aliphatic rings. The Morgan fingerprint density at radius 2 is 1.95 bits per heavy atom. The molecule has 0 aliphatic carbocycles. The molecule has 0 aliphatic heterocycles. The Bertz CT molecular complexity index is 647. The van der Waals surface area contributed by atoms with Crippen molar-refractivity contribution in [2.75, 3.05) is 5.32 Å². The molecule has 3 N–H and O–H groups in total. The van der Waals surface area contributed by atoms with Gasteiger partial charge in [0.05, 0.1) is 0 Å². The number of nitrogens with one attached hydrogen (secondary N) is 1. The van der Waals surface area contributed by atoms with Gasteiger partial charge in [0.2, 0.25) is 5.91 Å². The predicted octanol–water partition coefficient (Wildman–Crippen LogP) is 3.40. The first-order chi connectivity index (χ1) is 9.43. The fraction of sp³-hybridized carbons (Fsp3) is 0.133. The van der Waals surface area contributed by atoms with Gasteiger partial charge in [0, 0.05) is 10.2 Å². The van der Waals surface area contributed by atoms with Crippen LogP contribution in [0.15, 0.2) is 53.0 Å². The molecule has 0 radical (unpaired) electrons. The molecule has 3 nitrogen and oxygen atoms in total. The molecular weight excluding hydrogens is 323 g/mol. The third kappa shape index (κ3) is 2.82. The largest absolute Gasteiger partial charge is 0.367 e. The summed E-state index contributed by atoms with van der Waals surface area (Å²) in [7, 11) is 0. The number of benzene rings is 2. The van der Waals surface area contributed by atoms with Crippen molar-refractivity contribution in [2.45, 2.75) is 12.5 Å². The molecule has 5 heteroatoms. The van der Waals surface area contributed by atoms with E-state index in [4.69, 9.17) is 5.73 Å². The van der Waals surface area contributed by atoms with E-state index in [1.54, 1.807) is 19.1 Å². The topological polar surface area (TPSA) is 55.1 Å². The molecule has 0 heterocycles. The van der Waals surface area contributed by atoms with E-state index in [1.807, 2.05) is 24.3 Å². The van der Waals surface area contributed by atoms with Gasteiger partial charge in [0.25, 0.3) is 0 Å². The number of hydrogen-bond donors (Lipinski definition) is 2. The highest BCUT2D eigenvalue weighted by atomic mass is 79.9. The number of primary amides is 1. The van der Waals surface area contributed by atoms with Gasteiger partial charge in [-0.15, -0.1) is 0 Å². The average molecular weight is 337 g/mol. The van der Waals surface area contributed by atoms with Gasteiger partial charge in [-0.3, -0.25) is 4.79 Å². The number of nitrogens with two attached hydrogens (primary N) is 1. The van der Waals surface area contributed by atoms with Gasteiger partial charge in [-0.05, 0) is 52.7 Å². The van der Waals surface area contributed by atoms with E-state index >= 15 is 0 Å². The molecule has 2 aromatic rings. The van der Waals surface area contributed by atoms with Gasteiger partial charge in [0.15, 0.2) is 0 Å². The third-order valence-electron chi connectivity index (χ3n) is 3.15. The van der Waals surface area contributed by atoms with Gasteiger partial charge in [-0.25, -0.2) is 4.39 Å². The van der Waals surface area contributed by atoms with Crippen molar-refractivity contribution in [3.8, 4) is 0 Å². The Labute approximate surface area is 125 Å². The number of anilines is 1. The van der Waals surface area contributed by atoms with Crippen LogP contribution in [0.4, 0.5) is 10.1 Å². The highest BCUT2D eigenvalue weighted by Crippen LogP contribution is 2.30. The van der Waals surface area contributed by atoms with Crippen molar-refractivity contribution in [1.29, 1.82) is 0 Å². The minimum atomic E-state index is -1.20. The molecule has 0 saturated heterocycles.